The van der Waals surface area contributed by atoms with Crippen molar-refractivity contribution >= 4 is 46.5 Å². The number of rotatable bonds is 3. The molecular formula is C14H12Cl3N5. The van der Waals surface area contributed by atoms with Crippen LogP contribution in [0, 0.1) is 13.8 Å². The highest BCUT2D eigenvalue weighted by molar-refractivity contribution is 6.35. The number of halogens is 3. The summed E-state index contributed by atoms with van der Waals surface area (Å²) >= 11 is 18.2. The number of anilines is 1. The maximum atomic E-state index is 6.17. The fourth-order valence-electron chi connectivity index (χ4n) is 2.07. The molecule has 0 radical (unpaired) electrons. The number of benzene rings is 1. The minimum atomic E-state index is 0.461. The first-order chi connectivity index (χ1) is 10.5. The van der Waals surface area contributed by atoms with E-state index in [1.807, 2.05) is 19.9 Å². The molecule has 2 heterocycles. The molecular weight excluding hydrogens is 345 g/mol. The van der Waals surface area contributed by atoms with Gasteiger partial charge in [-0.2, -0.15) is 9.50 Å². The molecule has 0 saturated heterocycles. The largest absolute Gasteiger partial charge is 0.349 e. The van der Waals surface area contributed by atoms with Crippen molar-refractivity contribution in [1.29, 1.82) is 0 Å². The summed E-state index contributed by atoms with van der Waals surface area (Å²) in [5.74, 6) is 0.965. The van der Waals surface area contributed by atoms with E-state index >= 15 is 0 Å². The Hall–Kier alpha value is -1.56. The van der Waals surface area contributed by atoms with E-state index in [-0.39, 0.29) is 0 Å². The smallest absolute Gasteiger partial charge is 0.254 e. The summed E-state index contributed by atoms with van der Waals surface area (Å²) in [7, 11) is 0. The van der Waals surface area contributed by atoms with Crippen molar-refractivity contribution in [3.05, 3.63) is 50.2 Å². The first kappa shape index (κ1) is 15.3. The van der Waals surface area contributed by atoms with Gasteiger partial charge in [0.05, 0.1) is 16.4 Å². The van der Waals surface area contributed by atoms with Gasteiger partial charge in [-0.1, -0.05) is 40.9 Å². The van der Waals surface area contributed by atoms with E-state index in [0.717, 1.165) is 17.0 Å². The van der Waals surface area contributed by atoms with Gasteiger partial charge in [0.1, 0.15) is 0 Å². The molecule has 114 valence electrons. The summed E-state index contributed by atoms with van der Waals surface area (Å²) in [6.45, 7) is 4.20. The Balaban J connectivity index is 1.87. The van der Waals surface area contributed by atoms with Crippen LogP contribution in [0.3, 0.4) is 0 Å². The second-order valence-corrected chi connectivity index (χ2v) is 6.05. The van der Waals surface area contributed by atoms with Crippen LogP contribution >= 0.6 is 34.8 Å². The lowest BCUT2D eigenvalue weighted by atomic mass is 10.2. The number of hydrogen-bond donors (Lipinski definition) is 1. The average molecular weight is 357 g/mol. The molecule has 2 aromatic heterocycles. The van der Waals surface area contributed by atoms with Gasteiger partial charge < -0.3 is 5.32 Å². The van der Waals surface area contributed by atoms with Crippen LogP contribution in [0.4, 0.5) is 5.95 Å². The van der Waals surface area contributed by atoms with Crippen LogP contribution in [-0.2, 0) is 6.54 Å². The van der Waals surface area contributed by atoms with Gasteiger partial charge in [0, 0.05) is 16.6 Å². The summed E-state index contributed by atoms with van der Waals surface area (Å²) in [4.78, 5) is 8.65. The third kappa shape index (κ3) is 2.84. The predicted molar refractivity (Wildman–Crippen MR) is 89.1 cm³/mol. The van der Waals surface area contributed by atoms with E-state index in [1.165, 1.54) is 0 Å². The maximum Gasteiger partial charge on any atom is 0.254 e. The minimum Gasteiger partial charge on any atom is -0.349 e. The number of nitrogens with one attached hydrogen (secondary N) is 1. The van der Waals surface area contributed by atoms with E-state index in [0.29, 0.717) is 33.3 Å². The van der Waals surface area contributed by atoms with Crippen molar-refractivity contribution in [2.75, 3.05) is 5.32 Å². The van der Waals surface area contributed by atoms with Crippen LogP contribution in [0.1, 0.15) is 17.0 Å². The van der Waals surface area contributed by atoms with Gasteiger partial charge in [-0.3, -0.25) is 0 Å². The summed E-state index contributed by atoms with van der Waals surface area (Å²) in [5.41, 5.74) is 2.43. The molecule has 1 N–H and O–H groups in total. The molecule has 0 fully saturated rings. The lowest BCUT2D eigenvalue weighted by Gasteiger charge is -2.05. The lowest BCUT2D eigenvalue weighted by molar-refractivity contribution is 0.883. The van der Waals surface area contributed by atoms with E-state index in [4.69, 9.17) is 34.8 Å². The normalized spacial score (nSPS) is 11.1. The molecule has 1 aromatic carbocycles. The van der Waals surface area contributed by atoms with Gasteiger partial charge in [-0.05, 0) is 31.5 Å². The molecule has 3 aromatic rings. The molecule has 5 nitrogen and oxygen atoms in total. The number of hydrogen-bond acceptors (Lipinski definition) is 4. The summed E-state index contributed by atoms with van der Waals surface area (Å²) in [6.07, 6.45) is 0. The van der Waals surface area contributed by atoms with Gasteiger partial charge in [0.2, 0.25) is 5.95 Å². The first-order valence-corrected chi connectivity index (χ1v) is 7.66. The second-order valence-electron chi connectivity index (χ2n) is 4.83. The van der Waals surface area contributed by atoms with E-state index in [9.17, 15) is 0 Å². The van der Waals surface area contributed by atoms with Crippen molar-refractivity contribution in [3.63, 3.8) is 0 Å². The summed E-state index contributed by atoms with van der Waals surface area (Å²) < 4.78 is 1.61. The van der Waals surface area contributed by atoms with Gasteiger partial charge in [-0.15, -0.1) is 5.10 Å². The zero-order chi connectivity index (χ0) is 15.9. The Morgan fingerprint density at radius 2 is 1.91 bits per heavy atom. The van der Waals surface area contributed by atoms with Crippen LogP contribution < -0.4 is 5.32 Å². The Morgan fingerprint density at radius 3 is 2.64 bits per heavy atom. The van der Waals surface area contributed by atoms with Crippen LogP contribution in [0.25, 0.3) is 5.78 Å². The van der Waals surface area contributed by atoms with E-state index < -0.39 is 0 Å². The molecule has 0 bridgehead atoms. The monoisotopic (exact) mass is 355 g/mol. The summed E-state index contributed by atoms with van der Waals surface area (Å²) in [5, 5.41) is 9.26. The number of nitrogens with zero attached hydrogens (tertiary/aromatic N) is 4. The third-order valence-corrected chi connectivity index (χ3v) is 4.40. The van der Waals surface area contributed by atoms with Crippen LogP contribution in [0.15, 0.2) is 18.2 Å². The zero-order valence-corrected chi connectivity index (χ0v) is 14.1. The van der Waals surface area contributed by atoms with Crippen LogP contribution in [0.5, 0.6) is 0 Å². The number of aryl methyl sites for hydroxylation is 2. The number of aromatic nitrogens is 4. The zero-order valence-electron chi connectivity index (χ0n) is 11.9. The van der Waals surface area contributed by atoms with Crippen LogP contribution in [-0.4, -0.2) is 19.6 Å². The van der Waals surface area contributed by atoms with Gasteiger partial charge in [-0.25, -0.2) is 4.98 Å². The minimum absolute atomic E-state index is 0.461. The Labute approximate surface area is 142 Å². The van der Waals surface area contributed by atoms with Gasteiger partial charge in [0.25, 0.3) is 5.78 Å². The molecule has 0 unspecified atom stereocenters. The standard InChI is InChI=1S/C14H12Cl3N5/c1-7-12(17)8(2)22-14(19-7)20-13(21-22)18-6-9-3-4-10(15)5-11(9)16/h3-5H,6H2,1-2H3,(H,18,21). The molecule has 0 aliphatic heterocycles. The second kappa shape index (κ2) is 5.91. The lowest BCUT2D eigenvalue weighted by Crippen LogP contribution is -2.02. The molecule has 0 aliphatic rings. The van der Waals surface area contributed by atoms with Gasteiger partial charge >= 0.3 is 0 Å². The van der Waals surface area contributed by atoms with Crippen molar-refractivity contribution in [2.45, 2.75) is 20.4 Å². The van der Waals surface area contributed by atoms with Crippen molar-refractivity contribution in [2.24, 2.45) is 0 Å². The predicted octanol–water partition coefficient (Wildman–Crippen LogP) is 4.31. The fourth-order valence-corrected chi connectivity index (χ4v) is 2.67. The highest BCUT2D eigenvalue weighted by Crippen LogP contribution is 2.22. The molecule has 0 aliphatic carbocycles. The Bertz CT molecular complexity index is 859. The molecule has 3 rings (SSSR count). The average Bonchev–Trinajstić information content (AvgIpc) is 2.87. The summed E-state index contributed by atoms with van der Waals surface area (Å²) in [6, 6.07) is 5.35. The molecule has 22 heavy (non-hydrogen) atoms. The topological polar surface area (TPSA) is 55.1 Å². The SMILES string of the molecule is Cc1nc2nc(NCc3ccc(Cl)cc3Cl)nn2c(C)c1Cl. The van der Waals surface area contributed by atoms with Crippen LogP contribution in [0.2, 0.25) is 15.1 Å². The highest BCUT2D eigenvalue weighted by Gasteiger charge is 2.12. The molecule has 0 atom stereocenters. The van der Waals surface area contributed by atoms with E-state index in [2.05, 4.69) is 20.4 Å². The Morgan fingerprint density at radius 1 is 1.14 bits per heavy atom. The maximum absolute atomic E-state index is 6.17. The first-order valence-electron chi connectivity index (χ1n) is 6.53. The quantitative estimate of drug-likeness (QED) is 0.759. The molecule has 0 amide bonds. The van der Waals surface area contributed by atoms with Crippen molar-refractivity contribution in [3.8, 4) is 0 Å². The van der Waals surface area contributed by atoms with Crippen molar-refractivity contribution < 1.29 is 0 Å². The fraction of sp³-hybridized carbons (Fsp3) is 0.214. The van der Waals surface area contributed by atoms with Gasteiger partial charge in [0.15, 0.2) is 0 Å². The molecule has 8 heteroatoms. The molecule has 0 spiro atoms. The Kier molecular flexibility index (Phi) is 4.12. The van der Waals surface area contributed by atoms with E-state index in [1.54, 1.807) is 16.6 Å². The van der Waals surface area contributed by atoms with Crippen molar-refractivity contribution in [1.82, 2.24) is 19.6 Å². The molecule has 0 saturated carbocycles. The number of fused-ring (bicyclic) bond motifs is 1. The highest BCUT2D eigenvalue weighted by atomic mass is 35.5. The third-order valence-electron chi connectivity index (χ3n) is 3.26.